The van der Waals surface area contributed by atoms with E-state index in [2.05, 4.69) is 0 Å². The Bertz CT molecular complexity index is 841. The van der Waals surface area contributed by atoms with Gasteiger partial charge in [-0.3, -0.25) is 9.59 Å². The van der Waals surface area contributed by atoms with Crippen molar-refractivity contribution < 1.29 is 22.7 Å². The molecule has 1 fully saturated rings. The van der Waals surface area contributed by atoms with Gasteiger partial charge in [0.05, 0.1) is 5.92 Å². The van der Waals surface area contributed by atoms with Gasteiger partial charge in [-0.05, 0) is 31.2 Å². The van der Waals surface area contributed by atoms with Crippen molar-refractivity contribution in [1.82, 2.24) is 4.31 Å². The molecule has 2 N–H and O–H groups in total. The molecule has 8 nitrogen and oxygen atoms in total. The van der Waals surface area contributed by atoms with Gasteiger partial charge < -0.3 is 10.5 Å². The van der Waals surface area contributed by atoms with Crippen molar-refractivity contribution in [2.75, 3.05) is 19.7 Å². The predicted octanol–water partition coefficient (Wildman–Crippen LogP) is 1.02. The number of nitrogens with two attached hydrogens (primary N) is 1. The number of nitrogens with zero attached hydrogens (tertiary/aromatic N) is 2. The third-order valence-corrected chi connectivity index (χ3v) is 7.28. The Morgan fingerprint density at radius 2 is 2.08 bits per heavy atom. The van der Waals surface area contributed by atoms with Gasteiger partial charge in [0.2, 0.25) is 5.78 Å². The Morgan fingerprint density at radius 3 is 2.58 bits per heavy atom. The van der Waals surface area contributed by atoms with Crippen LogP contribution in [0.3, 0.4) is 0 Å². The average Bonchev–Trinajstić information content (AvgIpc) is 3.15. The van der Waals surface area contributed by atoms with Crippen molar-refractivity contribution in [3.05, 3.63) is 28.8 Å². The zero-order valence-electron chi connectivity index (χ0n) is 14.2. The molecule has 1 aliphatic heterocycles. The van der Waals surface area contributed by atoms with Gasteiger partial charge in [-0.15, -0.1) is 11.3 Å². The number of thiophene rings is 1. The molecule has 1 aromatic heterocycles. The average molecular weight is 397 g/mol. The molecule has 1 saturated heterocycles. The molecule has 0 radical (unpaired) electrons. The van der Waals surface area contributed by atoms with Crippen LogP contribution in [0.5, 0.6) is 0 Å². The Labute approximate surface area is 155 Å². The molecule has 140 valence electrons. The normalized spacial score (nSPS) is 17.2. The van der Waals surface area contributed by atoms with Crippen LogP contribution in [0.25, 0.3) is 0 Å². The molecule has 2 rings (SSSR count). The number of ketones is 1. The van der Waals surface area contributed by atoms with Crippen molar-refractivity contribution in [3.8, 4) is 6.07 Å². The number of ether oxygens (including phenoxy) is 1. The summed E-state index contributed by atoms with van der Waals surface area (Å²) < 4.78 is 31.5. The summed E-state index contributed by atoms with van der Waals surface area (Å²) in [6.45, 7) is 1.28. The van der Waals surface area contributed by atoms with Gasteiger partial charge in [0.25, 0.3) is 10.0 Å². The van der Waals surface area contributed by atoms with Gasteiger partial charge in [-0.25, -0.2) is 8.42 Å². The quantitative estimate of drug-likeness (QED) is 0.431. The number of carbonyl (C=O) groups is 2. The Balaban J connectivity index is 1.88. The number of hydrogen-bond acceptors (Lipinski definition) is 8. The van der Waals surface area contributed by atoms with E-state index in [0.29, 0.717) is 12.8 Å². The highest BCUT2D eigenvalue weighted by atomic mass is 32.2. The van der Waals surface area contributed by atoms with Crippen LogP contribution >= 0.6 is 11.3 Å². The predicted molar refractivity (Wildman–Crippen MR) is 94.3 cm³/mol. The lowest BCUT2D eigenvalue weighted by Gasteiger charge is -2.29. The zero-order valence-corrected chi connectivity index (χ0v) is 15.8. The highest BCUT2D eigenvalue weighted by molar-refractivity contribution is 7.91. The van der Waals surface area contributed by atoms with Crippen LogP contribution in [0.15, 0.2) is 33.0 Å². The van der Waals surface area contributed by atoms with Crippen LogP contribution in [-0.4, -0.2) is 44.2 Å². The summed E-state index contributed by atoms with van der Waals surface area (Å²) in [4.78, 5) is 23.9. The molecule has 0 unspecified atom stereocenters. The number of hydrogen-bond donors (Lipinski definition) is 1. The van der Waals surface area contributed by atoms with Crippen molar-refractivity contribution in [1.29, 1.82) is 5.26 Å². The number of allylic oxidation sites excluding steroid dienone is 1. The van der Waals surface area contributed by atoms with Crippen LogP contribution in [0.2, 0.25) is 0 Å². The SMILES string of the molecule is C/C(N)=C(/C#N)C(=O)COC(=O)C1CCN(S(=O)(=O)c2cccs2)CC1. The smallest absolute Gasteiger partial charge is 0.309 e. The molecule has 0 amide bonds. The minimum Gasteiger partial charge on any atom is -0.457 e. The highest BCUT2D eigenvalue weighted by Gasteiger charge is 2.33. The number of Topliss-reactive ketones (excluding diaryl/α,β-unsaturated/α-hetero) is 1. The fraction of sp³-hybridized carbons (Fsp3) is 0.438. The van der Waals surface area contributed by atoms with E-state index in [-0.39, 0.29) is 28.6 Å². The zero-order chi connectivity index (χ0) is 19.3. The Kier molecular flexibility index (Phi) is 6.52. The second-order valence-electron chi connectivity index (χ2n) is 5.81. The van der Waals surface area contributed by atoms with Crippen LogP contribution < -0.4 is 5.73 Å². The van der Waals surface area contributed by atoms with Gasteiger partial charge in [-0.1, -0.05) is 6.07 Å². The number of piperidine rings is 1. The van der Waals surface area contributed by atoms with E-state index in [1.54, 1.807) is 23.6 Å². The fourth-order valence-corrected chi connectivity index (χ4v) is 5.18. The molecule has 2 heterocycles. The standard InChI is InChI=1S/C16H19N3O5S2/c1-11(18)13(9-17)14(20)10-24-16(21)12-4-6-19(7-5-12)26(22,23)15-3-2-8-25-15/h2-3,8,12H,4-7,10,18H2,1H3/b13-11+. The van der Waals surface area contributed by atoms with Crippen molar-refractivity contribution in [2.24, 2.45) is 11.7 Å². The molecule has 0 spiro atoms. The van der Waals surface area contributed by atoms with E-state index in [1.165, 1.54) is 11.2 Å². The summed E-state index contributed by atoms with van der Waals surface area (Å²) >= 11 is 1.15. The van der Waals surface area contributed by atoms with Crippen LogP contribution in [0.4, 0.5) is 0 Å². The highest BCUT2D eigenvalue weighted by Crippen LogP contribution is 2.26. The molecular weight excluding hydrogens is 378 g/mol. The van der Waals surface area contributed by atoms with Crippen molar-refractivity contribution in [2.45, 2.75) is 24.0 Å². The maximum atomic E-state index is 12.4. The minimum atomic E-state index is -3.53. The molecule has 0 aromatic carbocycles. The van der Waals surface area contributed by atoms with E-state index in [1.807, 2.05) is 0 Å². The van der Waals surface area contributed by atoms with Crippen LogP contribution in [-0.2, 0) is 24.3 Å². The first-order valence-corrected chi connectivity index (χ1v) is 10.2. The maximum absolute atomic E-state index is 12.4. The monoisotopic (exact) mass is 397 g/mol. The number of sulfonamides is 1. The third-order valence-electron chi connectivity index (χ3n) is 4.01. The first-order valence-electron chi connectivity index (χ1n) is 7.87. The van der Waals surface area contributed by atoms with E-state index >= 15 is 0 Å². The minimum absolute atomic E-state index is 0.0700. The molecular formula is C16H19N3O5S2. The Hall–Kier alpha value is -2.22. The summed E-state index contributed by atoms with van der Waals surface area (Å²) in [6, 6.07) is 4.90. The van der Waals surface area contributed by atoms with E-state index in [0.717, 1.165) is 11.3 Å². The van der Waals surface area contributed by atoms with Crippen LogP contribution in [0.1, 0.15) is 19.8 Å². The lowest BCUT2D eigenvalue weighted by molar-refractivity contribution is -0.152. The fourth-order valence-electron chi connectivity index (χ4n) is 2.57. The summed E-state index contributed by atoms with van der Waals surface area (Å²) in [5.74, 6) is -1.71. The second-order valence-corrected chi connectivity index (χ2v) is 8.92. The van der Waals surface area contributed by atoms with Crippen molar-refractivity contribution >= 4 is 33.1 Å². The summed E-state index contributed by atoms with van der Waals surface area (Å²) in [7, 11) is -3.53. The number of esters is 1. The van der Waals surface area contributed by atoms with Gasteiger partial charge in [0.15, 0.2) is 6.61 Å². The molecule has 1 aliphatic rings. The van der Waals surface area contributed by atoms with Gasteiger partial charge >= 0.3 is 5.97 Å². The van der Waals surface area contributed by atoms with E-state index in [9.17, 15) is 18.0 Å². The van der Waals surface area contributed by atoms with Gasteiger partial charge in [0, 0.05) is 18.8 Å². The molecule has 0 atom stereocenters. The number of carbonyl (C=O) groups excluding carboxylic acids is 2. The summed E-state index contributed by atoms with van der Waals surface area (Å²) in [6.07, 6.45) is 0.628. The molecule has 0 saturated carbocycles. The topological polar surface area (TPSA) is 131 Å². The molecule has 0 aliphatic carbocycles. The molecule has 1 aromatic rings. The largest absolute Gasteiger partial charge is 0.457 e. The Morgan fingerprint density at radius 1 is 1.42 bits per heavy atom. The summed E-state index contributed by atoms with van der Waals surface area (Å²) in [5, 5.41) is 10.5. The maximum Gasteiger partial charge on any atom is 0.309 e. The first-order chi connectivity index (χ1) is 12.3. The second kappa shape index (κ2) is 8.44. The molecule has 26 heavy (non-hydrogen) atoms. The lowest BCUT2D eigenvalue weighted by Crippen LogP contribution is -2.40. The number of rotatable bonds is 6. The van der Waals surface area contributed by atoms with E-state index < -0.39 is 34.3 Å². The first kappa shape index (κ1) is 20.1. The molecule has 0 bridgehead atoms. The van der Waals surface area contributed by atoms with Crippen LogP contribution in [0, 0.1) is 17.2 Å². The molecule has 10 heteroatoms. The van der Waals surface area contributed by atoms with Gasteiger partial charge in [-0.2, -0.15) is 9.57 Å². The van der Waals surface area contributed by atoms with Gasteiger partial charge in [0.1, 0.15) is 15.9 Å². The van der Waals surface area contributed by atoms with Crippen molar-refractivity contribution in [3.63, 3.8) is 0 Å². The third kappa shape index (κ3) is 4.49. The number of nitriles is 1. The lowest BCUT2D eigenvalue weighted by atomic mass is 9.98. The summed E-state index contributed by atoms with van der Waals surface area (Å²) in [5.41, 5.74) is 5.27. The van der Waals surface area contributed by atoms with E-state index in [4.69, 9.17) is 15.7 Å².